The molecule has 1 spiro atoms. The third-order valence-electron chi connectivity index (χ3n) is 5.04. The lowest BCUT2D eigenvalue weighted by molar-refractivity contribution is -0.123. The summed E-state index contributed by atoms with van der Waals surface area (Å²) in [5.41, 5.74) is 2.51. The van der Waals surface area contributed by atoms with Gasteiger partial charge in [-0.1, -0.05) is 12.1 Å². The van der Waals surface area contributed by atoms with Gasteiger partial charge < -0.3 is 15.4 Å². The predicted octanol–water partition coefficient (Wildman–Crippen LogP) is 2.01. The Morgan fingerprint density at radius 1 is 1.43 bits per heavy atom. The summed E-state index contributed by atoms with van der Waals surface area (Å²) in [4.78, 5) is 12.3. The summed E-state index contributed by atoms with van der Waals surface area (Å²) < 4.78 is 5.32. The molecule has 114 valence electrons. The SMILES string of the molecule is COc1cc(CNC(=O)C2CC23CCNCC3)ccc1C. The highest BCUT2D eigenvalue weighted by molar-refractivity contribution is 5.82. The van der Waals surface area contributed by atoms with Crippen molar-refractivity contribution in [2.45, 2.75) is 32.7 Å². The zero-order valence-electron chi connectivity index (χ0n) is 12.9. The minimum atomic E-state index is 0.219. The maximum atomic E-state index is 12.3. The fraction of sp³-hybridized carbons (Fsp3) is 0.588. The molecule has 1 aromatic carbocycles. The second-order valence-corrected chi connectivity index (χ2v) is 6.39. The van der Waals surface area contributed by atoms with Crippen LogP contribution in [0, 0.1) is 18.3 Å². The van der Waals surface area contributed by atoms with Gasteiger partial charge in [-0.25, -0.2) is 0 Å². The molecule has 1 heterocycles. The van der Waals surface area contributed by atoms with Gasteiger partial charge in [-0.3, -0.25) is 4.79 Å². The second kappa shape index (κ2) is 5.68. The van der Waals surface area contributed by atoms with Crippen LogP contribution >= 0.6 is 0 Å². The summed E-state index contributed by atoms with van der Waals surface area (Å²) in [6.07, 6.45) is 3.35. The molecule has 1 amide bonds. The Morgan fingerprint density at radius 2 is 2.19 bits per heavy atom. The Morgan fingerprint density at radius 3 is 2.90 bits per heavy atom. The Balaban J connectivity index is 1.55. The summed E-state index contributed by atoms with van der Waals surface area (Å²) in [6.45, 7) is 4.71. The summed E-state index contributed by atoms with van der Waals surface area (Å²) in [7, 11) is 1.68. The maximum absolute atomic E-state index is 12.3. The molecule has 4 heteroatoms. The normalized spacial score (nSPS) is 22.9. The number of methoxy groups -OCH3 is 1. The van der Waals surface area contributed by atoms with Crippen molar-refractivity contribution in [3.8, 4) is 5.75 Å². The summed E-state index contributed by atoms with van der Waals surface area (Å²) in [5.74, 6) is 1.33. The van der Waals surface area contributed by atoms with Crippen molar-refractivity contribution in [1.82, 2.24) is 10.6 Å². The first kappa shape index (κ1) is 14.4. The molecule has 1 unspecified atom stereocenters. The Bertz CT molecular complexity index is 536. The second-order valence-electron chi connectivity index (χ2n) is 6.39. The van der Waals surface area contributed by atoms with Gasteiger partial charge in [0.1, 0.15) is 5.75 Å². The van der Waals surface area contributed by atoms with Crippen LogP contribution < -0.4 is 15.4 Å². The third-order valence-corrected chi connectivity index (χ3v) is 5.04. The van der Waals surface area contributed by atoms with E-state index in [2.05, 4.69) is 10.6 Å². The minimum Gasteiger partial charge on any atom is -0.496 e. The fourth-order valence-corrected chi connectivity index (χ4v) is 3.48. The molecule has 2 fully saturated rings. The first-order valence-corrected chi connectivity index (χ1v) is 7.77. The molecule has 0 aromatic heterocycles. The van der Waals surface area contributed by atoms with Gasteiger partial charge in [0.25, 0.3) is 0 Å². The van der Waals surface area contributed by atoms with E-state index in [1.165, 1.54) is 0 Å². The number of nitrogens with one attached hydrogen (secondary N) is 2. The Hall–Kier alpha value is -1.55. The van der Waals surface area contributed by atoms with Gasteiger partial charge in [-0.05, 0) is 61.9 Å². The van der Waals surface area contributed by atoms with Gasteiger partial charge in [0.05, 0.1) is 7.11 Å². The third kappa shape index (κ3) is 2.91. The van der Waals surface area contributed by atoms with Gasteiger partial charge in [-0.15, -0.1) is 0 Å². The van der Waals surface area contributed by atoms with Crippen molar-refractivity contribution >= 4 is 5.91 Å². The Labute approximate surface area is 126 Å². The van der Waals surface area contributed by atoms with Crippen molar-refractivity contribution in [3.05, 3.63) is 29.3 Å². The molecule has 1 saturated heterocycles. The summed E-state index contributed by atoms with van der Waals surface area (Å²) >= 11 is 0. The molecule has 3 rings (SSSR count). The lowest BCUT2D eigenvalue weighted by atomic mass is 9.92. The number of carbonyl (C=O) groups is 1. The molecule has 1 atom stereocenters. The zero-order valence-corrected chi connectivity index (χ0v) is 12.9. The Kier molecular flexibility index (Phi) is 3.89. The number of amides is 1. The molecule has 1 aromatic rings. The molecule has 2 N–H and O–H groups in total. The number of hydrogen-bond acceptors (Lipinski definition) is 3. The topological polar surface area (TPSA) is 50.4 Å². The van der Waals surface area contributed by atoms with Crippen LogP contribution in [-0.2, 0) is 11.3 Å². The van der Waals surface area contributed by atoms with Crippen molar-refractivity contribution in [2.24, 2.45) is 11.3 Å². The number of ether oxygens (including phenoxy) is 1. The molecule has 1 saturated carbocycles. The van der Waals surface area contributed by atoms with Crippen LogP contribution in [0.5, 0.6) is 5.75 Å². The van der Waals surface area contributed by atoms with E-state index < -0.39 is 0 Å². The van der Waals surface area contributed by atoms with E-state index in [1.54, 1.807) is 7.11 Å². The lowest BCUT2D eigenvalue weighted by Gasteiger charge is -2.23. The van der Waals surface area contributed by atoms with Gasteiger partial charge in [0.2, 0.25) is 5.91 Å². The van der Waals surface area contributed by atoms with Gasteiger partial charge in [0, 0.05) is 12.5 Å². The highest BCUT2D eigenvalue weighted by Gasteiger charge is 2.57. The van der Waals surface area contributed by atoms with Crippen LogP contribution in [0.4, 0.5) is 0 Å². The molecular weight excluding hydrogens is 264 g/mol. The van der Waals surface area contributed by atoms with E-state index in [4.69, 9.17) is 4.74 Å². The van der Waals surface area contributed by atoms with Gasteiger partial charge in [0.15, 0.2) is 0 Å². The number of aryl methyl sites for hydroxylation is 1. The average molecular weight is 288 g/mol. The molecule has 1 aliphatic heterocycles. The maximum Gasteiger partial charge on any atom is 0.223 e. The number of piperidine rings is 1. The molecule has 0 radical (unpaired) electrons. The molecule has 21 heavy (non-hydrogen) atoms. The smallest absolute Gasteiger partial charge is 0.223 e. The van der Waals surface area contributed by atoms with Crippen LogP contribution in [0.2, 0.25) is 0 Å². The predicted molar refractivity (Wildman–Crippen MR) is 82.2 cm³/mol. The molecule has 4 nitrogen and oxygen atoms in total. The molecule has 2 aliphatic rings. The first-order chi connectivity index (χ1) is 10.1. The van der Waals surface area contributed by atoms with Crippen LogP contribution in [0.15, 0.2) is 18.2 Å². The van der Waals surface area contributed by atoms with E-state index in [0.29, 0.717) is 12.0 Å². The van der Waals surface area contributed by atoms with E-state index >= 15 is 0 Å². The number of carbonyl (C=O) groups excluding carboxylic acids is 1. The van der Waals surface area contributed by atoms with Crippen LogP contribution in [0.3, 0.4) is 0 Å². The van der Waals surface area contributed by atoms with Crippen LogP contribution in [-0.4, -0.2) is 26.1 Å². The van der Waals surface area contributed by atoms with Crippen LogP contribution in [0.1, 0.15) is 30.4 Å². The van der Waals surface area contributed by atoms with Gasteiger partial charge in [-0.2, -0.15) is 0 Å². The standard InChI is InChI=1S/C17H24N2O2/c1-12-3-4-13(9-15(12)21-2)11-19-16(20)14-10-17(14)5-7-18-8-6-17/h3-4,9,14,18H,5-8,10-11H2,1-2H3,(H,19,20). The number of rotatable bonds is 4. The molecular formula is C17H24N2O2. The highest BCUT2D eigenvalue weighted by atomic mass is 16.5. The van der Waals surface area contributed by atoms with E-state index in [9.17, 15) is 4.79 Å². The van der Waals surface area contributed by atoms with Crippen molar-refractivity contribution in [2.75, 3.05) is 20.2 Å². The van der Waals surface area contributed by atoms with E-state index in [-0.39, 0.29) is 11.8 Å². The zero-order chi connectivity index (χ0) is 14.9. The van der Waals surface area contributed by atoms with E-state index in [0.717, 1.165) is 49.2 Å². The molecule has 0 bridgehead atoms. The molecule has 1 aliphatic carbocycles. The lowest BCUT2D eigenvalue weighted by Crippen LogP contribution is -2.33. The summed E-state index contributed by atoms with van der Waals surface area (Å²) in [6, 6.07) is 6.08. The highest BCUT2D eigenvalue weighted by Crippen LogP contribution is 2.58. The minimum absolute atomic E-state index is 0.219. The largest absolute Gasteiger partial charge is 0.496 e. The van der Waals surface area contributed by atoms with Crippen molar-refractivity contribution in [1.29, 1.82) is 0 Å². The fourth-order valence-electron chi connectivity index (χ4n) is 3.48. The number of hydrogen-bond donors (Lipinski definition) is 2. The van der Waals surface area contributed by atoms with Crippen molar-refractivity contribution in [3.63, 3.8) is 0 Å². The van der Waals surface area contributed by atoms with Gasteiger partial charge >= 0.3 is 0 Å². The monoisotopic (exact) mass is 288 g/mol. The quantitative estimate of drug-likeness (QED) is 0.891. The average Bonchev–Trinajstić information content (AvgIpc) is 3.20. The van der Waals surface area contributed by atoms with Crippen molar-refractivity contribution < 1.29 is 9.53 Å². The first-order valence-electron chi connectivity index (χ1n) is 7.77. The number of benzene rings is 1. The van der Waals surface area contributed by atoms with Crippen LogP contribution in [0.25, 0.3) is 0 Å². The van der Waals surface area contributed by atoms with E-state index in [1.807, 2.05) is 25.1 Å². The summed E-state index contributed by atoms with van der Waals surface area (Å²) in [5, 5.41) is 6.46.